The molecule has 0 aliphatic carbocycles. The van der Waals surface area contributed by atoms with Crippen molar-refractivity contribution in [3.8, 4) is 11.5 Å². The van der Waals surface area contributed by atoms with Crippen LogP contribution in [0.4, 0.5) is 10.8 Å². The Morgan fingerprint density at radius 1 is 0.970 bits per heavy atom. The fourth-order valence-electron chi connectivity index (χ4n) is 3.42. The minimum Gasteiger partial charge on any atom is -0.495 e. The molecule has 0 unspecified atom stereocenters. The Bertz CT molecular complexity index is 1250. The van der Waals surface area contributed by atoms with Gasteiger partial charge in [-0.3, -0.25) is 19.8 Å². The van der Waals surface area contributed by atoms with E-state index in [1.165, 1.54) is 23.5 Å². The molecule has 9 heteroatoms. The van der Waals surface area contributed by atoms with E-state index in [4.69, 9.17) is 14.5 Å². The molecule has 1 heterocycles. The number of hydrogen-bond donors (Lipinski definition) is 0. The number of aromatic nitrogens is 1. The normalized spacial score (nSPS) is 10.7. The molecule has 1 amide bonds. The van der Waals surface area contributed by atoms with E-state index in [1.807, 2.05) is 36.4 Å². The summed E-state index contributed by atoms with van der Waals surface area (Å²) in [6.45, 7) is 0.330. The predicted molar refractivity (Wildman–Crippen MR) is 127 cm³/mol. The smallest absolute Gasteiger partial charge is 0.269 e. The Morgan fingerprint density at radius 2 is 1.64 bits per heavy atom. The number of rotatable bonds is 8. The maximum atomic E-state index is 13.4. The molecule has 0 saturated carbocycles. The number of anilines is 1. The summed E-state index contributed by atoms with van der Waals surface area (Å²) in [6.07, 6.45) is 0.0784. The van der Waals surface area contributed by atoms with Crippen molar-refractivity contribution in [2.45, 2.75) is 13.0 Å². The first-order valence-electron chi connectivity index (χ1n) is 10.1. The molecule has 0 radical (unpaired) electrons. The molecule has 0 bridgehead atoms. The highest BCUT2D eigenvalue weighted by Gasteiger charge is 2.23. The van der Waals surface area contributed by atoms with Crippen LogP contribution >= 0.6 is 11.3 Å². The number of amides is 1. The molecular weight excluding hydrogens is 442 g/mol. The minimum absolute atomic E-state index is 0.0160. The van der Waals surface area contributed by atoms with Crippen LogP contribution in [0, 0.1) is 10.1 Å². The Labute approximate surface area is 194 Å². The number of methoxy groups -OCH3 is 2. The zero-order valence-corrected chi connectivity index (χ0v) is 18.9. The Morgan fingerprint density at radius 3 is 2.27 bits per heavy atom. The molecular formula is C24H21N3O5S. The summed E-state index contributed by atoms with van der Waals surface area (Å²) in [5.74, 6) is 1.07. The third-order valence-electron chi connectivity index (χ3n) is 5.12. The molecule has 4 aromatic rings. The van der Waals surface area contributed by atoms with Gasteiger partial charge in [0.05, 0.1) is 32.1 Å². The number of fused-ring (bicyclic) bond motifs is 1. The minimum atomic E-state index is -0.463. The lowest BCUT2D eigenvalue weighted by molar-refractivity contribution is -0.384. The second-order valence-electron chi connectivity index (χ2n) is 7.21. The van der Waals surface area contributed by atoms with Crippen LogP contribution in [0.5, 0.6) is 11.5 Å². The SMILES string of the molecule is COc1ccc(OC)c2sc(N(Cc3ccccc3)C(=O)Cc3ccc([N+](=O)[O-])cc3)nc12. The van der Waals surface area contributed by atoms with Crippen molar-refractivity contribution < 1.29 is 19.2 Å². The molecule has 0 atom stereocenters. The summed E-state index contributed by atoms with van der Waals surface area (Å²) in [5, 5.41) is 11.4. The third-order valence-corrected chi connectivity index (χ3v) is 6.21. The lowest BCUT2D eigenvalue weighted by atomic mass is 10.1. The van der Waals surface area contributed by atoms with Crippen molar-refractivity contribution in [3.63, 3.8) is 0 Å². The average Bonchev–Trinajstić information content (AvgIpc) is 3.28. The largest absolute Gasteiger partial charge is 0.495 e. The van der Waals surface area contributed by atoms with Crippen LogP contribution in [0.25, 0.3) is 10.2 Å². The van der Waals surface area contributed by atoms with Crippen LogP contribution in [0.2, 0.25) is 0 Å². The number of nitrogens with zero attached hydrogens (tertiary/aromatic N) is 3. The quantitative estimate of drug-likeness (QED) is 0.270. The van der Waals surface area contributed by atoms with Gasteiger partial charge in [-0.1, -0.05) is 53.8 Å². The van der Waals surface area contributed by atoms with Crippen molar-refractivity contribution in [1.29, 1.82) is 0 Å². The number of carbonyl (C=O) groups excluding carboxylic acids is 1. The number of thiazole rings is 1. The summed E-state index contributed by atoms with van der Waals surface area (Å²) in [6, 6.07) is 19.2. The van der Waals surface area contributed by atoms with E-state index in [1.54, 1.807) is 37.3 Å². The molecule has 8 nitrogen and oxygen atoms in total. The van der Waals surface area contributed by atoms with E-state index >= 15 is 0 Å². The first-order chi connectivity index (χ1) is 16.0. The maximum Gasteiger partial charge on any atom is 0.269 e. The van der Waals surface area contributed by atoms with E-state index < -0.39 is 4.92 Å². The van der Waals surface area contributed by atoms with Crippen LogP contribution < -0.4 is 14.4 Å². The first-order valence-corrected chi connectivity index (χ1v) is 10.9. The van der Waals surface area contributed by atoms with Crippen LogP contribution in [0.1, 0.15) is 11.1 Å². The Hall–Kier alpha value is -3.98. The average molecular weight is 464 g/mol. The molecule has 168 valence electrons. The number of nitro benzene ring substituents is 1. The third kappa shape index (κ3) is 4.78. The number of nitro groups is 1. The molecule has 3 aromatic carbocycles. The summed E-state index contributed by atoms with van der Waals surface area (Å²) in [5.41, 5.74) is 2.24. The van der Waals surface area contributed by atoms with Gasteiger partial charge in [-0.25, -0.2) is 4.98 Å². The van der Waals surface area contributed by atoms with Gasteiger partial charge >= 0.3 is 0 Å². The Kier molecular flexibility index (Phi) is 6.50. The molecule has 0 spiro atoms. The monoisotopic (exact) mass is 463 g/mol. The van der Waals surface area contributed by atoms with Crippen LogP contribution in [0.15, 0.2) is 66.7 Å². The van der Waals surface area contributed by atoms with Crippen molar-refractivity contribution in [2.24, 2.45) is 0 Å². The van der Waals surface area contributed by atoms with Crippen LogP contribution in [-0.2, 0) is 17.8 Å². The van der Waals surface area contributed by atoms with Crippen molar-refractivity contribution >= 4 is 38.3 Å². The summed E-state index contributed by atoms with van der Waals surface area (Å²) in [7, 11) is 3.16. The van der Waals surface area contributed by atoms with Crippen LogP contribution in [0.3, 0.4) is 0 Å². The molecule has 0 aliphatic heterocycles. The van der Waals surface area contributed by atoms with Gasteiger partial charge in [0.1, 0.15) is 21.7 Å². The second-order valence-corrected chi connectivity index (χ2v) is 8.19. The maximum absolute atomic E-state index is 13.4. The first kappa shape index (κ1) is 22.2. The lowest BCUT2D eigenvalue weighted by Crippen LogP contribution is -2.31. The predicted octanol–water partition coefficient (Wildman–Crippen LogP) is 5.00. The standard InChI is InChI=1S/C24H21N3O5S/c1-31-19-12-13-20(32-2)23-22(19)25-24(33-23)26(15-17-6-4-3-5-7-17)21(28)14-16-8-10-18(11-9-16)27(29)30/h3-13H,14-15H2,1-2H3. The van der Waals surface area contributed by atoms with Gasteiger partial charge in [0.15, 0.2) is 5.13 Å². The lowest BCUT2D eigenvalue weighted by Gasteiger charge is -2.20. The van der Waals surface area contributed by atoms with Gasteiger partial charge in [-0.05, 0) is 23.3 Å². The second kappa shape index (κ2) is 9.66. The summed E-state index contributed by atoms with van der Waals surface area (Å²) >= 11 is 1.35. The van der Waals surface area contributed by atoms with Gasteiger partial charge in [0, 0.05) is 12.1 Å². The zero-order valence-electron chi connectivity index (χ0n) is 18.1. The molecule has 0 saturated heterocycles. The highest BCUT2D eigenvalue weighted by atomic mass is 32.1. The topological polar surface area (TPSA) is 94.8 Å². The van der Waals surface area contributed by atoms with Gasteiger partial charge < -0.3 is 9.47 Å². The number of benzene rings is 3. The number of carbonyl (C=O) groups is 1. The molecule has 0 aliphatic rings. The van der Waals surface area contributed by atoms with E-state index in [2.05, 4.69) is 0 Å². The van der Waals surface area contributed by atoms with E-state index in [9.17, 15) is 14.9 Å². The van der Waals surface area contributed by atoms with E-state index in [0.29, 0.717) is 34.3 Å². The molecule has 0 fully saturated rings. The molecule has 0 N–H and O–H groups in total. The molecule has 4 rings (SSSR count). The highest BCUT2D eigenvalue weighted by Crippen LogP contribution is 2.40. The zero-order chi connectivity index (χ0) is 23.4. The van der Waals surface area contributed by atoms with Gasteiger partial charge in [-0.15, -0.1) is 0 Å². The van der Waals surface area contributed by atoms with Crippen molar-refractivity contribution in [2.75, 3.05) is 19.1 Å². The number of ether oxygens (including phenoxy) is 2. The van der Waals surface area contributed by atoms with Crippen molar-refractivity contribution in [1.82, 2.24) is 4.98 Å². The summed E-state index contributed by atoms with van der Waals surface area (Å²) in [4.78, 5) is 30.2. The fraction of sp³-hybridized carbons (Fsp3) is 0.167. The highest BCUT2D eigenvalue weighted by molar-refractivity contribution is 7.22. The fourth-order valence-corrected chi connectivity index (χ4v) is 4.51. The number of hydrogen-bond acceptors (Lipinski definition) is 7. The number of non-ortho nitro benzene ring substituents is 1. The van der Waals surface area contributed by atoms with Gasteiger partial charge in [0.25, 0.3) is 5.69 Å². The molecule has 33 heavy (non-hydrogen) atoms. The van der Waals surface area contributed by atoms with E-state index in [-0.39, 0.29) is 18.0 Å². The van der Waals surface area contributed by atoms with Gasteiger partial charge in [0.2, 0.25) is 5.91 Å². The van der Waals surface area contributed by atoms with Crippen molar-refractivity contribution in [3.05, 3.63) is 88.0 Å². The van der Waals surface area contributed by atoms with E-state index in [0.717, 1.165) is 10.3 Å². The Balaban J connectivity index is 1.72. The van der Waals surface area contributed by atoms with Crippen LogP contribution in [-0.4, -0.2) is 30.0 Å². The molecule has 1 aromatic heterocycles. The summed E-state index contributed by atoms with van der Waals surface area (Å²) < 4.78 is 11.7. The van der Waals surface area contributed by atoms with Gasteiger partial charge in [-0.2, -0.15) is 0 Å².